The van der Waals surface area contributed by atoms with Gasteiger partial charge in [0.05, 0.1) is 11.8 Å². The first-order chi connectivity index (χ1) is 8.27. The third kappa shape index (κ3) is 1.94. The maximum atomic E-state index is 8.73. The SMILES string of the molecule is CCc1nccn1-c1nnccc1/C(N)=N/O. The number of hydrogen-bond acceptors (Lipinski definition) is 5. The lowest BCUT2D eigenvalue weighted by atomic mass is 10.2. The number of nitrogens with zero attached hydrogens (tertiary/aromatic N) is 5. The zero-order valence-corrected chi connectivity index (χ0v) is 9.28. The van der Waals surface area contributed by atoms with Crippen molar-refractivity contribution in [3.05, 3.63) is 36.0 Å². The van der Waals surface area contributed by atoms with Crippen molar-refractivity contribution in [1.82, 2.24) is 19.7 Å². The van der Waals surface area contributed by atoms with Crippen LogP contribution in [0.2, 0.25) is 0 Å². The van der Waals surface area contributed by atoms with Crippen LogP contribution in [-0.2, 0) is 6.42 Å². The number of aryl methyl sites for hydroxylation is 1. The molecule has 0 radical (unpaired) electrons. The Morgan fingerprint density at radius 1 is 1.53 bits per heavy atom. The Bertz CT molecular complexity index is 547. The fraction of sp³-hybridized carbons (Fsp3) is 0.200. The van der Waals surface area contributed by atoms with Gasteiger partial charge < -0.3 is 10.9 Å². The predicted molar refractivity (Wildman–Crippen MR) is 61.0 cm³/mol. The van der Waals surface area contributed by atoms with E-state index in [4.69, 9.17) is 10.9 Å². The molecule has 7 heteroatoms. The molecule has 17 heavy (non-hydrogen) atoms. The first-order valence-corrected chi connectivity index (χ1v) is 5.10. The van der Waals surface area contributed by atoms with Gasteiger partial charge in [-0.2, -0.15) is 5.10 Å². The van der Waals surface area contributed by atoms with E-state index in [9.17, 15) is 0 Å². The summed E-state index contributed by atoms with van der Waals surface area (Å²) in [5.41, 5.74) is 6.10. The molecular formula is C10H12N6O. The number of hydrogen-bond donors (Lipinski definition) is 2. The van der Waals surface area contributed by atoms with Gasteiger partial charge in [0.15, 0.2) is 11.7 Å². The molecule has 3 N–H and O–H groups in total. The molecule has 0 spiro atoms. The average Bonchev–Trinajstić information content (AvgIpc) is 2.86. The monoisotopic (exact) mass is 232 g/mol. The number of aromatic nitrogens is 4. The van der Waals surface area contributed by atoms with E-state index in [-0.39, 0.29) is 5.84 Å². The summed E-state index contributed by atoms with van der Waals surface area (Å²) in [6.07, 6.45) is 5.67. The standard InChI is InChI=1S/C10H12N6O/c1-2-8-12-5-6-16(8)10-7(9(11)15-17)3-4-13-14-10/h3-6,17H,2H2,1H3,(H2,11,15). The Morgan fingerprint density at radius 2 is 2.35 bits per heavy atom. The topological polar surface area (TPSA) is 102 Å². The highest BCUT2D eigenvalue weighted by Gasteiger charge is 2.12. The summed E-state index contributed by atoms with van der Waals surface area (Å²) in [6.45, 7) is 1.98. The first kappa shape index (κ1) is 11.1. The molecule has 0 saturated carbocycles. The molecule has 2 aromatic rings. The van der Waals surface area contributed by atoms with Gasteiger partial charge in [0.2, 0.25) is 0 Å². The molecule has 0 aliphatic carbocycles. The van der Waals surface area contributed by atoms with Crippen molar-refractivity contribution in [2.45, 2.75) is 13.3 Å². The minimum absolute atomic E-state index is 0.00865. The molecule has 0 saturated heterocycles. The van der Waals surface area contributed by atoms with Crippen LogP contribution < -0.4 is 5.73 Å². The molecule has 0 unspecified atom stereocenters. The third-order valence-electron chi connectivity index (χ3n) is 2.35. The van der Waals surface area contributed by atoms with Gasteiger partial charge in [-0.05, 0) is 6.07 Å². The van der Waals surface area contributed by atoms with Crippen molar-refractivity contribution in [3.63, 3.8) is 0 Å². The van der Waals surface area contributed by atoms with Crippen LogP contribution in [0.1, 0.15) is 18.3 Å². The molecule has 2 aromatic heterocycles. The smallest absolute Gasteiger partial charge is 0.173 e. The summed E-state index contributed by atoms with van der Waals surface area (Å²) >= 11 is 0. The van der Waals surface area contributed by atoms with E-state index >= 15 is 0 Å². The van der Waals surface area contributed by atoms with E-state index in [1.165, 1.54) is 6.20 Å². The van der Waals surface area contributed by atoms with Gasteiger partial charge in [-0.25, -0.2) is 4.98 Å². The van der Waals surface area contributed by atoms with Crippen LogP contribution in [0, 0.1) is 0 Å². The molecule has 2 heterocycles. The van der Waals surface area contributed by atoms with Gasteiger partial charge in [-0.15, -0.1) is 5.10 Å². The van der Waals surface area contributed by atoms with Gasteiger partial charge in [-0.1, -0.05) is 12.1 Å². The van der Waals surface area contributed by atoms with Crippen LogP contribution in [0.5, 0.6) is 0 Å². The van der Waals surface area contributed by atoms with Gasteiger partial charge in [0.1, 0.15) is 5.82 Å². The van der Waals surface area contributed by atoms with Gasteiger partial charge in [0, 0.05) is 18.8 Å². The summed E-state index contributed by atoms with van der Waals surface area (Å²) < 4.78 is 1.76. The molecule has 2 rings (SSSR count). The Balaban J connectivity index is 2.60. The van der Waals surface area contributed by atoms with Crippen molar-refractivity contribution in [2.75, 3.05) is 0 Å². The fourth-order valence-corrected chi connectivity index (χ4v) is 1.54. The van der Waals surface area contributed by atoms with E-state index in [1.54, 1.807) is 23.0 Å². The molecule has 0 atom stereocenters. The Hall–Kier alpha value is -2.44. The molecule has 0 amide bonds. The number of amidine groups is 1. The minimum atomic E-state index is -0.00865. The number of nitrogens with two attached hydrogens (primary N) is 1. The Labute approximate surface area is 97.6 Å². The summed E-state index contributed by atoms with van der Waals surface area (Å²) in [4.78, 5) is 4.19. The van der Waals surface area contributed by atoms with E-state index in [2.05, 4.69) is 20.3 Å². The maximum absolute atomic E-state index is 8.73. The lowest BCUT2D eigenvalue weighted by Gasteiger charge is -2.08. The largest absolute Gasteiger partial charge is 0.409 e. The Morgan fingerprint density at radius 3 is 3.06 bits per heavy atom. The second-order valence-electron chi connectivity index (χ2n) is 3.32. The molecule has 0 aliphatic heterocycles. The van der Waals surface area contributed by atoms with Crippen LogP contribution >= 0.6 is 0 Å². The lowest BCUT2D eigenvalue weighted by Crippen LogP contribution is -2.18. The quantitative estimate of drug-likeness (QED) is 0.343. The van der Waals surface area contributed by atoms with Crippen molar-refractivity contribution >= 4 is 5.84 Å². The number of rotatable bonds is 3. The fourth-order valence-electron chi connectivity index (χ4n) is 1.54. The van der Waals surface area contributed by atoms with Gasteiger partial charge in [-0.3, -0.25) is 4.57 Å². The number of oxime groups is 1. The van der Waals surface area contributed by atoms with E-state index < -0.39 is 0 Å². The molecular weight excluding hydrogens is 220 g/mol. The van der Waals surface area contributed by atoms with Crippen LogP contribution in [0.3, 0.4) is 0 Å². The maximum Gasteiger partial charge on any atom is 0.173 e. The second kappa shape index (κ2) is 4.60. The molecule has 0 aromatic carbocycles. The number of imidazole rings is 1. The van der Waals surface area contributed by atoms with Crippen LogP contribution in [0.25, 0.3) is 5.82 Å². The van der Waals surface area contributed by atoms with E-state index in [0.717, 1.165) is 12.2 Å². The average molecular weight is 232 g/mol. The highest BCUT2D eigenvalue weighted by Crippen LogP contribution is 2.12. The summed E-state index contributed by atoms with van der Waals surface area (Å²) in [5, 5.41) is 19.5. The zero-order chi connectivity index (χ0) is 12.3. The van der Waals surface area contributed by atoms with Gasteiger partial charge in [0.25, 0.3) is 0 Å². The molecule has 0 fully saturated rings. The lowest BCUT2D eigenvalue weighted by molar-refractivity contribution is 0.318. The predicted octanol–water partition coefficient (Wildman–Crippen LogP) is 0.319. The van der Waals surface area contributed by atoms with Crippen LogP contribution in [0.15, 0.2) is 29.8 Å². The normalized spacial score (nSPS) is 11.7. The van der Waals surface area contributed by atoms with Crippen LogP contribution in [-0.4, -0.2) is 30.8 Å². The molecule has 7 nitrogen and oxygen atoms in total. The third-order valence-corrected chi connectivity index (χ3v) is 2.35. The van der Waals surface area contributed by atoms with E-state index in [1.807, 2.05) is 6.92 Å². The molecule has 0 aliphatic rings. The van der Waals surface area contributed by atoms with Crippen molar-refractivity contribution < 1.29 is 5.21 Å². The molecule has 88 valence electrons. The summed E-state index contributed by atoms with van der Waals surface area (Å²) in [6, 6.07) is 1.64. The first-order valence-electron chi connectivity index (χ1n) is 5.10. The van der Waals surface area contributed by atoms with Crippen LogP contribution in [0.4, 0.5) is 0 Å². The van der Waals surface area contributed by atoms with E-state index in [0.29, 0.717) is 11.4 Å². The highest BCUT2D eigenvalue weighted by molar-refractivity contribution is 5.99. The zero-order valence-electron chi connectivity index (χ0n) is 9.28. The van der Waals surface area contributed by atoms with Crippen molar-refractivity contribution in [2.24, 2.45) is 10.9 Å². The summed E-state index contributed by atoms with van der Waals surface area (Å²) in [7, 11) is 0. The minimum Gasteiger partial charge on any atom is -0.409 e. The van der Waals surface area contributed by atoms with Crippen molar-refractivity contribution in [3.8, 4) is 5.82 Å². The van der Waals surface area contributed by atoms with Gasteiger partial charge >= 0.3 is 0 Å². The van der Waals surface area contributed by atoms with Crippen molar-refractivity contribution in [1.29, 1.82) is 0 Å². The molecule has 0 bridgehead atoms. The second-order valence-corrected chi connectivity index (χ2v) is 3.32. The summed E-state index contributed by atoms with van der Waals surface area (Å²) in [5.74, 6) is 1.32. The Kier molecular flexibility index (Phi) is 2.99. The highest BCUT2D eigenvalue weighted by atomic mass is 16.4.